The van der Waals surface area contributed by atoms with Crippen molar-refractivity contribution in [2.24, 2.45) is 5.73 Å². The summed E-state index contributed by atoms with van der Waals surface area (Å²) in [5.74, 6) is -1.28. The van der Waals surface area contributed by atoms with Crippen molar-refractivity contribution in [3.05, 3.63) is 29.8 Å². The Morgan fingerprint density at radius 1 is 1.54 bits per heavy atom. The Morgan fingerprint density at radius 2 is 2.08 bits per heavy atom. The van der Waals surface area contributed by atoms with Crippen LogP contribution >= 0.6 is 0 Å². The number of rotatable bonds is 3. The first-order valence-electron chi connectivity index (χ1n) is 4.22. The van der Waals surface area contributed by atoms with Gasteiger partial charge in [0.05, 0.1) is 1.37 Å². The molecule has 1 aromatic rings. The van der Waals surface area contributed by atoms with Gasteiger partial charge < -0.3 is 15.9 Å². The van der Waals surface area contributed by atoms with Crippen LogP contribution in [0, 0.1) is 0 Å². The van der Waals surface area contributed by atoms with Gasteiger partial charge in [-0.1, -0.05) is 12.1 Å². The van der Waals surface area contributed by atoms with E-state index in [1.54, 1.807) is 0 Å². The molecule has 0 aliphatic carbocycles. The molecule has 4 N–H and O–H groups in total. The highest BCUT2D eigenvalue weighted by Crippen LogP contribution is 2.10. The molecular weight excluding hydrogens is 170 g/mol. The first kappa shape index (κ1) is 8.07. The number of carboxylic acid groups (broad SMARTS) is 1. The van der Waals surface area contributed by atoms with E-state index in [-0.39, 0.29) is 12.2 Å². The van der Waals surface area contributed by atoms with E-state index in [1.807, 2.05) is 0 Å². The molecular formula is C9H11NO3. The zero-order valence-electron chi connectivity index (χ0n) is 7.90. The SMILES string of the molecule is [2H][C@](N)(Cc1ccc(O)cc1)C(=O)O. The van der Waals surface area contributed by atoms with E-state index >= 15 is 0 Å². The highest BCUT2D eigenvalue weighted by atomic mass is 16.4. The lowest BCUT2D eigenvalue weighted by atomic mass is 10.1. The Hall–Kier alpha value is -1.55. The second kappa shape index (κ2) is 3.91. The summed E-state index contributed by atoms with van der Waals surface area (Å²) in [6, 6.07) is 3.90. The molecule has 0 heterocycles. The number of phenolic OH excluding ortho intramolecular Hbond substituents is 1. The highest BCUT2D eigenvalue weighted by Gasteiger charge is 2.11. The molecule has 0 aliphatic heterocycles. The van der Waals surface area contributed by atoms with Crippen LogP contribution in [0.3, 0.4) is 0 Å². The molecule has 0 fully saturated rings. The van der Waals surface area contributed by atoms with E-state index < -0.39 is 12.0 Å². The third kappa shape index (κ3) is 2.76. The molecule has 0 amide bonds. The first-order valence-corrected chi connectivity index (χ1v) is 3.72. The number of aromatic hydroxyl groups is 1. The fraction of sp³-hybridized carbons (Fsp3) is 0.222. The molecule has 70 valence electrons. The number of aliphatic carboxylic acids is 1. The van der Waals surface area contributed by atoms with Crippen LogP contribution in [0.25, 0.3) is 0 Å². The third-order valence-corrected chi connectivity index (χ3v) is 1.61. The van der Waals surface area contributed by atoms with Gasteiger partial charge in [0.1, 0.15) is 11.8 Å². The van der Waals surface area contributed by atoms with Crippen molar-refractivity contribution < 1.29 is 16.4 Å². The molecule has 0 bridgehead atoms. The molecule has 1 rings (SSSR count). The lowest BCUT2D eigenvalue weighted by Gasteiger charge is -2.05. The lowest BCUT2D eigenvalue weighted by Crippen LogP contribution is -2.32. The fourth-order valence-corrected chi connectivity index (χ4v) is 0.909. The first-order chi connectivity index (χ1) is 6.42. The molecule has 4 heteroatoms. The number of nitrogens with two attached hydrogens (primary N) is 1. The van der Waals surface area contributed by atoms with E-state index in [2.05, 4.69) is 0 Å². The van der Waals surface area contributed by atoms with Gasteiger partial charge in [-0.05, 0) is 24.1 Å². The molecule has 0 spiro atoms. The summed E-state index contributed by atoms with van der Waals surface area (Å²) in [4.78, 5) is 10.5. The summed E-state index contributed by atoms with van der Waals surface area (Å²) >= 11 is 0. The van der Waals surface area contributed by atoms with E-state index in [0.717, 1.165) is 0 Å². The minimum absolute atomic E-state index is 0.0941. The number of hydrogen-bond donors (Lipinski definition) is 3. The molecule has 0 saturated heterocycles. The second-order valence-electron chi connectivity index (χ2n) is 2.67. The molecule has 0 radical (unpaired) electrons. The zero-order chi connectivity index (χ0) is 10.8. The number of hydrogen-bond acceptors (Lipinski definition) is 3. The predicted molar refractivity (Wildman–Crippen MR) is 47.4 cm³/mol. The maximum Gasteiger partial charge on any atom is 0.320 e. The fourth-order valence-electron chi connectivity index (χ4n) is 0.909. The summed E-state index contributed by atoms with van der Waals surface area (Å²) in [5.41, 5.74) is 5.83. The van der Waals surface area contributed by atoms with Gasteiger partial charge in [-0.2, -0.15) is 0 Å². The van der Waals surface area contributed by atoms with E-state index in [0.29, 0.717) is 5.56 Å². The normalized spacial score (nSPS) is 15.9. The molecule has 1 aromatic carbocycles. The van der Waals surface area contributed by atoms with E-state index in [1.165, 1.54) is 24.3 Å². The Bertz CT molecular complexity index is 334. The molecule has 1 atom stereocenters. The van der Waals surface area contributed by atoms with E-state index in [4.69, 9.17) is 17.3 Å². The molecule has 0 saturated carbocycles. The van der Waals surface area contributed by atoms with Gasteiger partial charge in [0.25, 0.3) is 0 Å². The van der Waals surface area contributed by atoms with Crippen molar-refractivity contribution in [3.63, 3.8) is 0 Å². The van der Waals surface area contributed by atoms with Crippen LogP contribution in [0.4, 0.5) is 0 Å². The van der Waals surface area contributed by atoms with Crippen LogP contribution < -0.4 is 5.73 Å². The zero-order valence-corrected chi connectivity index (χ0v) is 6.90. The molecule has 13 heavy (non-hydrogen) atoms. The van der Waals surface area contributed by atoms with Crippen LogP contribution in [-0.4, -0.2) is 22.2 Å². The smallest absolute Gasteiger partial charge is 0.320 e. The van der Waals surface area contributed by atoms with Crippen LogP contribution in [0.1, 0.15) is 6.93 Å². The van der Waals surface area contributed by atoms with Crippen molar-refractivity contribution in [2.45, 2.75) is 12.4 Å². The summed E-state index contributed by atoms with van der Waals surface area (Å²) in [6.45, 7) is 0. The monoisotopic (exact) mass is 182 g/mol. The van der Waals surface area contributed by atoms with Crippen molar-refractivity contribution >= 4 is 5.97 Å². The van der Waals surface area contributed by atoms with Gasteiger partial charge >= 0.3 is 5.97 Å². The molecule has 0 aromatic heterocycles. The van der Waals surface area contributed by atoms with Gasteiger partial charge in [-0.25, -0.2) is 0 Å². The summed E-state index contributed by atoms with van der Waals surface area (Å²) < 4.78 is 7.29. The maximum absolute atomic E-state index is 10.5. The van der Waals surface area contributed by atoms with Gasteiger partial charge in [-0.3, -0.25) is 4.79 Å². The molecule has 4 nitrogen and oxygen atoms in total. The standard InChI is InChI=1S/C9H11NO3/c10-8(9(12)13)5-6-1-3-7(11)4-2-6/h1-4,8,11H,5,10H2,(H,12,13)/t8-/m0/s1/i8D. The Morgan fingerprint density at radius 3 is 2.54 bits per heavy atom. The molecule has 0 aliphatic rings. The highest BCUT2D eigenvalue weighted by molar-refractivity contribution is 5.73. The van der Waals surface area contributed by atoms with Crippen molar-refractivity contribution in [1.82, 2.24) is 0 Å². The number of carbonyl (C=O) groups is 1. The lowest BCUT2D eigenvalue weighted by molar-refractivity contribution is -0.138. The van der Waals surface area contributed by atoms with Crippen LogP contribution in [-0.2, 0) is 11.2 Å². The second-order valence-corrected chi connectivity index (χ2v) is 2.67. The number of phenols is 1. The van der Waals surface area contributed by atoms with Crippen molar-refractivity contribution in [1.29, 1.82) is 0 Å². The van der Waals surface area contributed by atoms with Gasteiger partial charge in [0, 0.05) is 0 Å². The minimum atomic E-state index is -2.02. The largest absolute Gasteiger partial charge is 0.508 e. The van der Waals surface area contributed by atoms with Crippen molar-refractivity contribution in [3.8, 4) is 5.75 Å². The van der Waals surface area contributed by atoms with Gasteiger partial charge in [0.15, 0.2) is 0 Å². The third-order valence-electron chi connectivity index (χ3n) is 1.61. The summed E-state index contributed by atoms with van der Waals surface area (Å²) in [5, 5.41) is 17.6. The van der Waals surface area contributed by atoms with Crippen molar-refractivity contribution in [2.75, 3.05) is 0 Å². The van der Waals surface area contributed by atoms with Crippen LogP contribution in [0.15, 0.2) is 24.3 Å². The maximum atomic E-state index is 10.5. The summed E-state index contributed by atoms with van der Waals surface area (Å²) in [7, 11) is 0. The minimum Gasteiger partial charge on any atom is -0.508 e. The van der Waals surface area contributed by atoms with Crippen LogP contribution in [0.2, 0.25) is 0 Å². The topological polar surface area (TPSA) is 83.5 Å². The summed E-state index contributed by atoms with van der Waals surface area (Å²) in [6.07, 6.45) is -0.0946. The Balaban J connectivity index is 2.79. The average molecular weight is 182 g/mol. The quantitative estimate of drug-likeness (QED) is 0.629. The van der Waals surface area contributed by atoms with E-state index in [9.17, 15) is 4.79 Å². The Kier molecular flexibility index (Phi) is 2.43. The number of benzene rings is 1. The average Bonchev–Trinajstić information content (AvgIpc) is 2.08. The molecule has 0 unspecified atom stereocenters. The Labute approximate surface area is 77.0 Å². The number of carboxylic acids is 1. The predicted octanol–water partition coefficient (Wildman–Crippen LogP) is 0.347. The van der Waals surface area contributed by atoms with Crippen LogP contribution in [0.5, 0.6) is 5.75 Å². The van der Waals surface area contributed by atoms with Gasteiger partial charge in [-0.15, -0.1) is 0 Å². The van der Waals surface area contributed by atoms with Gasteiger partial charge in [0.2, 0.25) is 0 Å².